The van der Waals surface area contributed by atoms with E-state index in [4.69, 9.17) is 9.72 Å². The average Bonchev–Trinajstić information content (AvgIpc) is 3.67. The molecule has 9 aromatic rings. The van der Waals surface area contributed by atoms with Crippen molar-refractivity contribution in [2.45, 2.75) is 25.2 Å². The highest BCUT2D eigenvalue weighted by Crippen LogP contribution is 2.40. The molecule has 4 nitrogen and oxygen atoms in total. The molecule has 0 saturated carbocycles. The Balaban J connectivity index is 0.934. The molecule has 0 bridgehead atoms. The SMILES string of the molecule is COCC(CC(C)c1ccc(-c2ccc(-n3c(-c4ccccc4)cc4ccccc43)cn2)cc1)c1ccc(N(c2ccccc2)c2cccc3ccccc23)cc1. The van der Waals surface area contributed by atoms with Crippen LogP contribution in [0.4, 0.5) is 17.1 Å². The third kappa shape index (κ3) is 7.36. The van der Waals surface area contributed by atoms with Crippen LogP contribution in [0.25, 0.3) is 49.9 Å². The third-order valence-corrected chi connectivity index (χ3v) is 11.2. The second kappa shape index (κ2) is 16.2. The number of ether oxygens (including phenoxy) is 1. The summed E-state index contributed by atoms with van der Waals surface area (Å²) >= 11 is 0. The number of rotatable bonds is 12. The monoisotopic (exact) mass is 739 g/mol. The zero-order valence-electron chi connectivity index (χ0n) is 32.4. The van der Waals surface area contributed by atoms with E-state index in [1.807, 2.05) is 6.20 Å². The molecule has 2 atom stereocenters. The fraction of sp³-hybridized carbons (Fsp3) is 0.113. The van der Waals surface area contributed by atoms with Gasteiger partial charge in [-0.25, -0.2) is 0 Å². The summed E-state index contributed by atoms with van der Waals surface area (Å²) in [6, 6.07) is 69.4. The summed E-state index contributed by atoms with van der Waals surface area (Å²) in [6.07, 6.45) is 2.96. The van der Waals surface area contributed by atoms with E-state index in [2.05, 4.69) is 211 Å². The first-order valence-corrected chi connectivity index (χ1v) is 19.8. The number of para-hydroxylation sites is 2. The highest BCUT2D eigenvalue weighted by atomic mass is 16.5. The Kier molecular flexibility index (Phi) is 10.2. The first kappa shape index (κ1) is 35.9. The van der Waals surface area contributed by atoms with E-state index < -0.39 is 0 Å². The zero-order valence-corrected chi connectivity index (χ0v) is 32.4. The maximum atomic E-state index is 5.81. The van der Waals surface area contributed by atoms with Crippen LogP contribution in [0, 0.1) is 0 Å². The number of fused-ring (bicyclic) bond motifs is 2. The van der Waals surface area contributed by atoms with Gasteiger partial charge in [0.15, 0.2) is 0 Å². The largest absolute Gasteiger partial charge is 0.384 e. The summed E-state index contributed by atoms with van der Waals surface area (Å²) in [7, 11) is 1.80. The van der Waals surface area contributed by atoms with Gasteiger partial charge in [0.25, 0.3) is 0 Å². The van der Waals surface area contributed by atoms with Crippen LogP contribution >= 0.6 is 0 Å². The van der Waals surface area contributed by atoms with Crippen molar-refractivity contribution in [3.63, 3.8) is 0 Å². The number of methoxy groups -OCH3 is 1. The van der Waals surface area contributed by atoms with Crippen molar-refractivity contribution in [1.82, 2.24) is 9.55 Å². The topological polar surface area (TPSA) is 30.3 Å². The second-order valence-corrected chi connectivity index (χ2v) is 14.9. The van der Waals surface area contributed by atoms with Crippen LogP contribution in [-0.4, -0.2) is 23.3 Å². The maximum Gasteiger partial charge on any atom is 0.0703 e. The van der Waals surface area contributed by atoms with E-state index in [0.717, 1.165) is 46.1 Å². The van der Waals surface area contributed by atoms with E-state index in [0.29, 0.717) is 12.5 Å². The molecule has 0 fully saturated rings. The maximum absolute atomic E-state index is 5.81. The molecule has 7 aromatic carbocycles. The summed E-state index contributed by atoms with van der Waals surface area (Å²) in [6.45, 7) is 2.98. The lowest BCUT2D eigenvalue weighted by atomic mass is 9.86. The third-order valence-electron chi connectivity index (χ3n) is 11.2. The predicted octanol–water partition coefficient (Wildman–Crippen LogP) is 13.9. The quantitative estimate of drug-likeness (QED) is 0.125. The van der Waals surface area contributed by atoms with Gasteiger partial charge in [-0.05, 0) is 89.0 Å². The number of hydrogen-bond donors (Lipinski definition) is 0. The number of anilines is 3. The molecule has 2 heterocycles. The van der Waals surface area contributed by atoms with Gasteiger partial charge in [0.1, 0.15) is 0 Å². The van der Waals surface area contributed by atoms with Gasteiger partial charge >= 0.3 is 0 Å². The Bertz CT molecular complexity index is 2720. The molecule has 0 N–H and O–H groups in total. The molecular weight excluding hydrogens is 695 g/mol. The van der Waals surface area contributed by atoms with Crippen LogP contribution in [0.1, 0.15) is 36.3 Å². The molecule has 278 valence electrons. The van der Waals surface area contributed by atoms with Gasteiger partial charge in [0.05, 0.1) is 41.1 Å². The minimum Gasteiger partial charge on any atom is -0.384 e. The number of benzene rings is 7. The van der Waals surface area contributed by atoms with Gasteiger partial charge in [-0.3, -0.25) is 4.98 Å². The van der Waals surface area contributed by atoms with E-state index in [9.17, 15) is 0 Å². The summed E-state index contributed by atoms with van der Waals surface area (Å²) in [5, 5.41) is 3.66. The molecule has 9 rings (SSSR count). The fourth-order valence-corrected chi connectivity index (χ4v) is 8.29. The lowest BCUT2D eigenvalue weighted by molar-refractivity contribution is 0.173. The van der Waals surface area contributed by atoms with E-state index in [1.165, 1.54) is 38.4 Å². The van der Waals surface area contributed by atoms with E-state index >= 15 is 0 Å². The minimum atomic E-state index is 0.251. The molecule has 0 aliphatic carbocycles. The molecule has 2 unspecified atom stereocenters. The van der Waals surface area contributed by atoms with Gasteiger partial charge < -0.3 is 14.2 Å². The second-order valence-electron chi connectivity index (χ2n) is 14.9. The van der Waals surface area contributed by atoms with E-state index in [1.54, 1.807) is 7.11 Å². The van der Waals surface area contributed by atoms with Gasteiger partial charge in [-0.2, -0.15) is 0 Å². The summed E-state index contributed by atoms with van der Waals surface area (Å²) in [4.78, 5) is 7.32. The van der Waals surface area contributed by atoms with Crippen LogP contribution in [0.15, 0.2) is 200 Å². The Morgan fingerprint density at radius 1 is 0.579 bits per heavy atom. The van der Waals surface area contributed by atoms with Crippen molar-refractivity contribution in [2.24, 2.45) is 0 Å². The lowest BCUT2D eigenvalue weighted by Crippen LogP contribution is -2.12. The first-order chi connectivity index (χ1) is 28.1. The lowest BCUT2D eigenvalue weighted by Gasteiger charge is -2.28. The van der Waals surface area contributed by atoms with E-state index in [-0.39, 0.29) is 5.92 Å². The average molecular weight is 740 g/mol. The van der Waals surface area contributed by atoms with Crippen molar-refractivity contribution in [3.8, 4) is 28.2 Å². The van der Waals surface area contributed by atoms with Gasteiger partial charge in [0, 0.05) is 40.7 Å². The highest BCUT2D eigenvalue weighted by molar-refractivity contribution is 5.99. The first-order valence-electron chi connectivity index (χ1n) is 19.8. The Morgan fingerprint density at radius 2 is 1.23 bits per heavy atom. The number of nitrogens with zero attached hydrogens (tertiary/aromatic N) is 3. The van der Waals surface area contributed by atoms with Gasteiger partial charge in [-0.15, -0.1) is 0 Å². The fourth-order valence-electron chi connectivity index (χ4n) is 8.29. The number of hydrogen-bond acceptors (Lipinski definition) is 3. The molecule has 0 aliphatic rings. The van der Waals surface area contributed by atoms with Gasteiger partial charge in [-0.1, -0.05) is 146 Å². The van der Waals surface area contributed by atoms with Crippen molar-refractivity contribution < 1.29 is 4.74 Å². The van der Waals surface area contributed by atoms with Crippen molar-refractivity contribution in [2.75, 3.05) is 18.6 Å². The van der Waals surface area contributed by atoms with Crippen molar-refractivity contribution >= 4 is 38.7 Å². The molecule has 4 heteroatoms. The van der Waals surface area contributed by atoms with Crippen LogP contribution < -0.4 is 4.90 Å². The predicted molar refractivity (Wildman–Crippen MR) is 238 cm³/mol. The van der Waals surface area contributed by atoms with Crippen molar-refractivity contribution in [1.29, 1.82) is 0 Å². The normalized spacial score (nSPS) is 12.5. The van der Waals surface area contributed by atoms with Crippen LogP contribution in [-0.2, 0) is 4.74 Å². The Hall–Kier alpha value is -6.75. The molecule has 0 aliphatic heterocycles. The number of pyridine rings is 1. The summed E-state index contributed by atoms with van der Waals surface area (Å²) in [5.41, 5.74) is 12.6. The minimum absolute atomic E-state index is 0.251. The number of aromatic nitrogens is 2. The molecule has 0 amide bonds. The molecular formula is C53H45N3O. The zero-order chi connectivity index (χ0) is 38.6. The molecule has 0 spiro atoms. The van der Waals surface area contributed by atoms with Crippen LogP contribution in [0.2, 0.25) is 0 Å². The van der Waals surface area contributed by atoms with Crippen LogP contribution in [0.5, 0.6) is 0 Å². The molecule has 57 heavy (non-hydrogen) atoms. The van der Waals surface area contributed by atoms with Crippen molar-refractivity contribution in [3.05, 3.63) is 211 Å². The standard InChI is InChI=1S/C53H45N3O/c1-38(34-45(37-57-2)40-28-30-47(31-29-40)55(46-19-7-4-8-20-46)52-23-13-18-41-14-9-11-21-49(41)52)39-24-26-42(27-25-39)50-33-32-48(36-54-50)56-51-22-12-10-17-44(51)35-53(56)43-15-5-3-6-16-43/h3-33,35-36,38,45H,34,37H2,1-2H3. The molecule has 0 radical (unpaired) electrons. The Labute approximate surface area is 335 Å². The van der Waals surface area contributed by atoms with Crippen LogP contribution in [0.3, 0.4) is 0 Å². The van der Waals surface area contributed by atoms with Gasteiger partial charge in [0.2, 0.25) is 0 Å². The molecule has 0 saturated heterocycles. The highest BCUT2D eigenvalue weighted by Gasteiger charge is 2.20. The molecule has 2 aromatic heterocycles. The summed E-state index contributed by atoms with van der Waals surface area (Å²) in [5.74, 6) is 0.588. The smallest absolute Gasteiger partial charge is 0.0703 e. The Morgan fingerprint density at radius 3 is 1.96 bits per heavy atom. The summed E-state index contributed by atoms with van der Waals surface area (Å²) < 4.78 is 8.11.